The van der Waals surface area contributed by atoms with Crippen LogP contribution in [0.5, 0.6) is 0 Å². The third kappa shape index (κ3) is 2.76. The van der Waals surface area contributed by atoms with E-state index in [-0.39, 0.29) is 5.91 Å². The van der Waals surface area contributed by atoms with E-state index in [0.717, 1.165) is 0 Å². The molecule has 0 radical (unpaired) electrons. The molecule has 0 aliphatic rings. The quantitative estimate of drug-likeness (QED) is 0.664. The number of carbonyl (C=O) groups is 1. The number of hydrogen-bond acceptors (Lipinski definition) is 6. The smallest absolute Gasteiger partial charge is 0.253 e. The van der Waals surface area contributed by atoms with Crippen molar-refractivity contribution in [3.8, 4) is 0 Å². The van der Waals surface area contributed by atoms with E-state index >= 15 is 0 Å². The molecule has 18 heavy (non-hydrogen) atoms. The Morgan fingerprint density at radius 1 is 1.39 bits per heavy atom. The average molecular weight is 247 g/mol. The number of aromatic nitrogens is 2. The van der Waals surface area contributed by atoms with Crippen molar-refractivity contribution in [2.75, 3.05) is 18.0 Å². The van der Waals surface area contributed by atoms with E-state index in [4.69, 9.17) is 16.0 Å². The van der Waals surface area contributed by atoms with Gasteiger partial charge in [-0.15, -0.1) is 0 Å². The van der Waals surface area contributed by atoms with E-state index in [1.807, 2.05) is 0 Å². The fourth-order valence-electron chi connectivity index (χ4n) is 1.47. The molecule has 2 aromatic rings. The van der Waals surface area contributed by atoms with Crippen molar-refractivity contribution < 1.29 is 9.32 Å². The first-order chi connectivity index (χ1) is 8.66. The molecule has 2 rings (SSSR count). The highest BCUT2D eigenvalue weighted by atomic mass is 16.5. The molecule has 1 aromatic heterocycles. The van der Waals surface area contributed by atoms with Gasteiger partial charge in [-0.25, -0.2) is 0 Å². The van der Waals surface area contributed by atoms with Crippen LogP contribution in [0.4, 0.5) is 11.4 Å². The molecular formula is C11H13N5O2. The molecule has 1 amide bonds. The summed E-state index contributed by atoms with van der Waals surface area (Å²) in [5.41, 5.74) is 12.5. The topological polar surface area (TPSA) is 120 Å². The Labute approximate surface area is 103 Å². The highest BCUT2D eigenvalue weighted by Crippen LogP contribution is 2.15. The average Bonchev–Trinajstić information content (AvgIpc) is 2.81. The molecular weight excluding hydrogens is 234 g/mol. The molecule has 0 spiro atoms. The number of rotatable bonds is 4. The van der Waals surface area contributed by atoms with Crippen LogP contribution < -0.4 is 16.8 Å². The molecule has 7 heteroatoms. The van der Waals surface area contributed by atoms with Gasteiger partial charge in [-0.05, 0) is 18.2 Å². The van der Waals surface area contributed by atoms with Crippen LogP contribution in [-0.2, 0) is 6.42 Å². The van der Waals surface area contributed by atoms with Crippen molar-refractivity contribution in [3.63, 3.8) is 0 Å². The van der Waals surface area contributed by atoms with Crippen LogP contribution in [0.2, 0.25) is 0 Å². The van der Waals surface area contributed by atoms with Crippen LogP contribution in [0, 0.1) is 0 Å². The lowest BCUT2D eigenvalue weighted by Crippen LogP contribution is -2.26. The number of nitrogens with one attached hydrogen (secondary N) is 1. The van der Waals surface area contributed by atoms with Crippen LogP contribution in [0.25, 0.3) is 0 Å². The molecule has 0 bridgehead atoms. The van der Waals surface area contributed by atoms with Gasteiger partial charge in [0, 0.05) is 24.3 Å². The molecule has 0 saturated carbocycles. The molecule has 7 nitrogen and oxygen atoms in total. The minimum Gasteiger partial charge on any atom is -0.399 e. The summed E-state index contributed by atoms with van der Waals surface area (Å²) in [4.78, 5) is 15.7. The van der Waals surface area contributed by atoms with Gasteiger partial charge in [0.05, 0.1) is 5.56 Å². The number of anilines is 2. The molecule has 5 N–H and O–H groups in total. The normalized spacial score (nSPS) is 10.2. The third-order valence-electron chi connectivity index (χ3n) is 2.35. The van der Waals surface area contributed by atoms with Gasteiger partial charge in [0.1, 0.15) is 0 Å². The van der Waals surface area contributed by atoms with Gasteiger partial charge in [0.15, 0.2) is 6.33 Å². The van der Waals surface area contributed by atoms with E-state index in [1.54, 1.807) is 18.2 Å². The number of carbonyl (C=O) groups excluding carboxylic acids is 1. The van der Waals surface area contributed by atoms with Gasteiger partial charge >= 0.3 is 0 Å². The molecule has 1 aromatic carbocycles. The summed E-state index contributed by atoms with van der Waals surface area (Å²) in [7, 11) is 0. The van der Waals surface area contributed by atoms with E-state index in [2.05, 4.69) is 15.5 Å². The Morgan fingerprint density at radius 3 is 2.89 bits per heavy atom. The number of nitrogens with zero attached hydrogens (tertiary/aromatic N) is 2. The van der Waals surface area contributed by atoms with Gasteiger partial charge in [-0.3, -0.25) is 4.79 Å². The summed E-state index contributed by atoms with van der Waals surface area (Å²) < 4.78 is 4.81. The Kier molecular flexibility index (Phi) is 3.42. The zero-order chi connectivity index (χ0) is 13.0. The monoisotopic (exact) mass is 247 g/mol. The first kappa shape index (κ1) is 11.9. The van der Waals surface area contributed by atoms with Gasteiger partial charge in [-0.1, -0.05) is 5.16 Å². The van der Waals surface area contributed by atoms with Crippen LogP contribution in [0.3, 0.4) is 0 Å². The predicted octanol–water partition coefficient (Wildman–Crippen LogP) is 0.207. The minimum atomic E-state index is -0.257. The van der Waals surface area contributed by atoms with Gasteiger partial charge < -0.3 is 21.3 Å². The summed E-state index contributed by atoms with van der Waals surface area (Å²) in [5, 5.41) is 6.18. The second-order valence-corrected chi connectivity index (χ2v) is 3.69. The first-order valence-corrected chi connectivity index (χ1v) is 5.35. The molecule has 0 unspecified atom stereocenters. The standard InChI is InChI=1S/C11H13N5O2/c12-7-1-2-8(9(13)5-7)11(17)14-4-3-10-15-6-16-18-10/h1-2,5-6H,3-4,12-13H2,(H,14,17). The third-order valence-corrected chi connectivity index (χ3v) is 2.35. The molecule has 0 saturated heterocycles. The van der Waals surface area contributed by atoms with Crippen molar-refractivity contribution in [2.24, 2.45) is 0 Å². The zero-order valence-corrected chi connectivity index (χ0v) is 9.59. The van der Waals surface area contributed by atoms with Crippen LogP contribution in [-0.4, -0.2) is 22.6 Å². The number of benzene rings is 1. The summed E-state index contributed by atoms with van der Waals surface area (Å²) in [6.07, 6.45) is 1.79. The van der Waals surface area contributed by atoms with E-state index in [9.17, 15) is 4.79 Å². The van der Waals surface area contributed by atoms with Crippen LogP contribution >= 0.6 is 0 Å². The van der Waals surface area contributed by atoms with Gasteiger partial charge in [0.2, 0.25) is 5.89 Å². The summed E-state index contributed by atoms with van der Waals surface area (Å²) in [6.45, 7) is 0.394. The van der Waals surface area contributed by atoms with Crippen LogP contribution in [0.1, 0.15) is 16.2 Å². The Bertz CT molecular complexity index is 538. The Morgan fingerprint density at radius 2 is 2.22 bits per heavy atom. The lowest BCUT2D eigenvalue weighted by atomic mass is 10.1. The van der Waals surface area contributed by atoms with E-state index in [0.29, 0.717) is 35.8 Å². The Hall–Kier alpha value is -2.57. The maximum atomic E-state index is 11.8. The van der Waals surface area contributed by atoms with Crippen molar-refractivity contribution in [1.29, 1.82) is 0 Å². The number of hydrogen-bond donors (Lipinski definition) is 3. The second-order valence-electron chi connectivity index (χ2n) is 3.69. The number of amides is 1. The molecule has 0 fully saturated rings. The van der Waals surface area contributed by atoms with Crippen molar-refractivity contribution in [1.82, 2.24) is 15.5 Å². The summed E-state index contributed by atoms with van der Waals surface area (Å²) >= 11 is 0. The fraction of sp³-hybridized carbons (Fsp3) is 0.182. The van der Waals surface area contributed by atoms with E-state index in [1.165, 1.54) is 6.33 Å². The second kappa shape index (κ2) is 5.17. The lowest BCUT2D eigenvalue weighted by molar-refractivity contribution is 0.0954. The van der Waals surface area contributed by atoms with E-state index < -0.39 is 0 Å². The Balaban J connectivity index is 1.91. The van der Waals surface area contributed by atoms with Gasteiger partial charge in [0.25, 0.3) is 5.91 Å². The van der Waals surface area contributed by atoms with Crippen molar-refractivity contribution in [3.05, 3.63) is 36.0 Å². The first-order valence-electron chi connectivity index (χ1n) is 5.35. The van der Waals surface area contributed by atoms with Gasteiger partial charge in [-0.2, -0.15) is 4.98 Å². The zero-order valence-electron chi connectivity index (χ0n) is 9.59. The maximum Gasteiger partial charge on any atom is 0.253 e. The maximum absolute atomic E-state index is 11.8. The number of nitrogens with two attached hydrogens (primary N) is 2. The van der Waals surface area contributed by atoms with Crippen LogP contribution in [0.15, 0.2) is 29.0 Å². The van der Waals surface area contributed by atoms with Crippen molar-refractivity contribution >= 4 is 17.3 Å². The SMILES string of the molecule is Nc1ccc(C(=O)NCCc2ncno2)c(N)c1. The predicted molar refractivity (Wildman–Crippen MR) is 65.6 cm³/mol. The largest absolute Gasteiger partial charge is 0.399 e. The lowest BCUT2D eigenvalue weighted by Gasteiger charge is -2.07. The van der Waals surface area contributed by atoms with Crippen molar-refractivity contribution in [2.45, 2.75) is 6.42 Å². The summed E-state index contributed by atoms with van der Waals surface area (Å²) in [6, 6.07) is 4.77. The molecule has 0 atom stereocenters. The minimum absolute atomic E-state index is 0.257. The highest BCUT2D eigenvalue weighted by molar-refractivity contribution is 5.99. The molecule has 94 valence electrons. The highest BCUT2D eigenvalue weighted by Gasteiger charge is 2.09. The summed E-state index contributed by atoms with van der Waals surface area (Å²) in [5.74, 6) is 0.215. The number of nitrogen functional groups attached to an aromatic ring is 2. The molecule has 0 aliphatic carbocycles. The molecule has 0 aliphatic heterocycles. The molecule has 1 heterocycles. The fourth-order valence-corrected chi connectivity index (χ4v) is 1.47.